The normalized spacial score (nSPS) is 11.2. The molecule has 1 aromatic carbocycles. The minimum absolute atomic E-state index is 0.236. The maximum atomic E-state index is 11.8. The topological polar surface area (TPSA) is 96.4 Å². The molecule has 0 aliphatic heterocycles. The van der Waals surface area contributed by atoms with Crippen LogP contribution in [0.2, 0.25) is 0 Å². The van der Waals surface area contributed by atoms with Gasteiger partial charge < -0.3 is 5.11 Å². The van der Waals surface area contributed by atoms with Gasteiger partial charge in [-0.2, -0.15) is 13.2 Å². The van der Waals surface area contributed by atoms with Crippen LogP contribution in [0, 0.1) is 0 Å². The molecule has 120 valence electrons. The average molecular weight is 354 g/mol. The molecule has 2 aromatic rings. The maximum Gasteiger partial charge on any atom is 0.490 e. The molecule has 0 radical (unpaired) electrons. The molecular weight excluding hydrogens is 345 g/mol. The van der Waals surface area contributed by atoms with Crippen LogP contribution in [0.1, 0.15) is 0 Å². The van der Waals surface area contributed by atoms with Gasteiger partial charge in [-0.05, 0) is 12.1 Å². The zero-order valence-corrected chi connectivity index (χ0v) is 12.2. The Morgan fingerprint density at radius 3 is 2.18 bits per heavy atom. The van der Waals surface area contributed by atoms with E-state index in [1.54, 1.807) is 29.8 Å². The summed E-state index contributed by atoms with van der Waals surface area (Å²) in [6, 6.07) is 8.20. The fraction of sp³-hybridized carbons (Fsp3) is 0.0909. The molecule has 0 aliphatic rings. The summed E-state index contributed by atoms with van der Waals surface area (Å²) in [6.45, 7) is 0. The number of carboxylic acid groups (broad SMARTS) is 1. The number of benzene rings is 1. The Labute approximate surface area is 127 Å². The molecule has 0 atom stereocenters. The number of rotatable bonds is 3. The zero-order chi connectivity index (χ0) is 16.8. The molecule has 0 spiro atoms. The van der Waals surface area contributed by atoms with Crippen LogP contribution in [-0.2, 0) is 14.8 Å². The molecule has 0 aliphatic carbocycles. The van der Waals surface area contributed by atoms with Crippen LogP contribution in [0.3, 0.4) is 0 Å². The highest BCUT2D eigenvalue weighted by Gasteiger charge is 2.38. The van der Waals surface area contributed by atoms with Crippen molar-refractivity contribution in [1.82, 2.24) is 4.98 Å². The second-order valence-corrected chi connectivity index (χ2v) is 6.14. The van der Waals surface area contributed by atoms with E-state index in [4.69, 9.17) is 9.90 Å². The lowest BCUT2D eigenvalue weighted by Crippen LogP contribution is -2.21. The van der Waals surface area contributed by atoms with Gasteiger partial charge in [0.05, 0.1) is 4.90 Å². The fourth-order valence-electron chi connectivity index (χ4n) is 1.05. The van der Waals surface area contributed by atoms with Crippen molar-refractivity contribution in [3.8, 4) is 0 Å². The summed E-state index contributed by atoms with van der Waals surface area (Å²) < 4.78 is 57.6. The Bertz CT molecular complexity index is 701. The van der Waals surface area contributed by atoms with Gasteiger partial charge in [-0.25, -0.2) is 18.2 Å². The third kappa shape index (κ3) is 5.69. The first-order valence-electron chi connectivity index (χ1n) is 5.40. The number of hydrogen-bond donors (Lipinski definition) is 2. The molecular formula is C11H9F3N2O4S2. The van der Waals surface area contributed by atoms with E-state index < -0.39 is 22.2 Å². The van der Waals surface area contributed by atoms with E-state index in [1.807, 2.05) is 0 Å². The van der Waals surface area contributed by atoms with E-state index in [9.17, 15) is 21.6 Å². The van der Waals surface area contributed by atoms with Crippen molar-refractivity contribution in [3.05, 3.63) is 41.9 Å². The van der Waals surface area contributed by atoms with Gasteiger partial charge in [0.2, 0.25) is 0 Å². The summed E-state index contributed by atoms with van der Waals surface area (Å²) in [5, 5.41) is 9.21. The van der Waals surface area contributed by atoms with Gasteiger partial charge in [0.25, 0.3) is 10.0 Å². The van der Waals surface area contributed by atoms with E-state index in [0.717, 1.165) is 0 Å². The van der Waals surface area contributed by atoms with E-state index >= 15 is 0 Å². The molecule has 2 rings (SSSR count). The number of hydrogen-bond acceptors (Lipinski definition) is 5. The molecule has 22 heavy (non-hydrogen) atoms. The molecule has 11 heteroatoms. The number of carbonyl (C=O) groups is 1. The van der Waals surface area contributed by atoms with Crippen molar-refractivity contribution in [3.63, 3.8) is 0 Å². The minimum Gasteiger partial charge on any atom is -0.475 e. The van der Waals surface area contributed by atoms with Gasteiger partial charge in [0.15, 0.2) is 5.13 Å². The van der Waals surface area contributed by atoms with Crippen LogP contribution in [-0.4, -0.2) is 30.7 Å². The SMILES string of the molecule is O=C(O)C(F)(F)F.O=S(=O)(Nc1nccs1)c1ccccc1. The number of nitrogens with one attached hydrogen (secondary N) is 1. The number of anilines is 1. The van der Waals surface area contributed by atoms with Crippen LogP contribution in [0.5, 0.6) is 0 Å². The van der Waals surface area contributed by atoms with E-state index in [1.165, 1.54) is 23.5 Å². The highest BCUT2D eigenvalue weighted by Crippen LogP contribution is 2.17. The highest BCUT2D eigenvalue weighted by molar-refractivity contribution is 7.93. The Hall–Kier alpha value is -2.14. The summed E-state index contributed by atoms with van der Waals surface area (Å²) >= 11 is 1.24. The van der Waals surface area contributed by atoms with Gasteiger partial charge in [-0.1, -0.05) is 18.2 Å². The van der Waals surface area contributed by atoms with Crippen molar-refractivity contribution in [1.29, 1.82) is 0 Å². The maximum absolute atomic E-state index is 11.8. The van der Waals surface area contributed by atoms with E-state index in [0.29, 0.717) is 5.13 Å². The first kappa shape index (κ1) is 17.9. The molecule has 0 fully saturated rings. The Balaban J connectivity index is 0.000000295. The lowest BCUT2D eigenvalue weighted by molar-refractivity contribution is -0.192. The van der Waals surface area contributed by atoms with Gasteiger partial charge in [0.1, 0.15) is 0 Å². The monoisotopic (exact) mass is 354 g/mol. The predicted molar refractivity (Wildman–Crippen MR) is 73.1 cm³/mol. The molecule has 0 unspecified atom stereocenters. The molecule has 1 aromatic heterocycles. The average Bonchev–Trinajstić information content (AvgIpc) is 2.91. The number of aliphatic carboxylic acids is 1. The summed E-state index contributed by atoms with van der Waals surface area (Å²) in [5.41, 5.74) is 0. The van der Waals surface area contributed by atoms with Crippen LogP contribution in [0.25, 0.3) is 0 Å². The van der Waals surface area contributed by atoms with Crippen molar-refractivity contribution >= 4 is 32.5 Å². The molecule has 0 amide bonds. The van der Waals surface area contributed by atoms with Gasteiger partial charge in [0, 0.05) is 11.6 Å². The first-order valence-corrected chi connectivity index (χ1v) is 7.76. The second kappa shape index (κ2) is 7.22. The number of thiazole rings is 1. The number of sulfonamides is 1. The molecule has 6 nitrogen and oxygen atoms in total. The van der Waals surface area contributed by atoms with E-state index in [-0.39, 0.29) is 4.90 Å². The van der Waals surface area contributed by atoms with Gasteiger partial charge >= 0.3 is 12.1 Å². The lowest BCUT2D eigenvalue weighted by Gasteiger charge is -2.03. The van der Waals surface area contributed by atoms with Crippen LogP contribution in [0.4, 0.5) is 18.3 Å². The van der Waals surface area contributed by atoms with Crippen LogP contribution < -0.4 is 4.72 Å². The quantitative estimate of drug-likeness (QED) is 0.883. The first-order chi connectivity index (χ1) is 10.1. The van der Waals surface area contributed by atoms with Crippen molar-refractivity contribution < 1.29 is 31.5 Å². The predicted octanol–water partition coefficient (Wildman–Crippen LogP) is 2.58. The van der Waals surface area contributed by atoms with Gasteiger partial charge in [-0.15, -0.1) is 11.3 Å². The van der Waals surface area contributed by atoms with Gasteiger partial charge in [-0.3, -0.25) is 4.72 Å². The molecule has 0 bridgehead atoms. The van der Waals surface area contributed by atoms with E-state index in [2.05, 4.69) is 9.71 Å². The number of alkyl halides is 3. The summed E-state index contributed by atoms with van der Waals surface area (Å²) in [6.07, 6.45) is -3.53. The fourth-order valence-corrected chi connectivity index (χ4v) is 2.86. The number of halogens is 3. The van der Waals surface area contributed by atoms with Crippen molar-refractivity contribution in [2.75, 3.05) is 4.72 Å². The largest absolute Gasteiger partial charge is 0.490 e. The number of carboxylic acids is 1. The minimum atomic E-state index is -5.08. The standard InChI is InChI=1S/C9H8N2O2S2.C2HF3O2/c12-15(13,8-4-2-1-3-5-8)11-9-10-6-7-14-9;3-2(4,5)1(6)7/h1-7H,(H,10,11);(H,6,7). The third-order valence-electron chi connectivity index (χ3n) is 1.95. The molecule has 0 saturated heterocycles. The lowest BCUT2D eigenvalue weighted by atomic mass is 10.4. The zero-order valence-electron chi connectivity index (χ0n) is 10.6. The van der Waals surface area contributed by atoms with Crippen molar-refractivity contribution in [2.45, 2.75) is 11.1 Å². The second-order valence-electron chi connectivity index (χ2n) is 3.56. The summed E-state index contributed by atoms with van der Waals surface area (Å²) in [4.78, 5) is 13.0. The molecule has 0 saturated carbocycles. The van der Waals surface area contributed by atoms with Crippen molar-refractivity contribution in [2.24, 2.45) is 0 Å². The molecule has 2 N–H and O–H groups in total. The Kier molecular flexibility index (Phi) is 5.88. The summed E-state index contributed by atoms with van der Waals surface area (Å²) in [7, 11) is -3.49. The molecule has 1 heterocycles. The van der Waals surface area contributed by atoms with Crippen LogP contribution >= 0.6 is 11.3 Å². The number of aromatic nitrogens is 1. The van der Waals surface area contributed by atoms with Crippen LogP contribution in [0.15, 0.2) is 46.8 Å². The Morgan fingerprint density at radius 1 is 1.23 bits per heavy atom. The summed E-state index contributed by atoms with van der Waals surface area (Å²) in [5.74, 6) is -2.76. The Morgan fingerprint density at radius 2 is 1.77 bits per heavy atom. The smallest absolute Gasteiger partial charge is 0.475 e. The third-order valence-corrected chi connectivity index (χ3v) is 4.12. The number of nitrogens with zero attached hydrogens (tertiary/aromatic N) is 1. The highest BCUT2D eigenvalue weighted by atomic mass is 32.2.